The Balaban J connectivity index is 1.44. The van der Waals surface area contributed by atoms with Crippen LogP contribution in [0.1, 0.15) is 29.7 Å². The molecule has 1 aromatic carbocycles. The second-order valence-electron chi connectivity index (χ2n) is 9.22. The Bertz CT molecular complexity index is 1240. The first-order valence-corrected chi connectivity index (χ1v) is 11.0. The molecular weight excluding hydrogens is 407 g/mol. The van der Waals surface area contributed by atoms with Crippen LogP contribution < -0.4 is 20.7 Å². The highest BCUT2D eigenvalue weighted by Gasteiger charge is 2.54. The Labute approximate surface area is 185 Å². The van der Waals surface area contributed by atoms with Gasteiger partial charge in [0, 0.05) is 55.5 Å². The largest absolute Gasteiger partial charge is 0.423 e. The summed E-state index contributed by atoms with van der Waals surface area (Å²) in [6.07, 6.45) is 6.24. The van der Waals surface area contributed by atoms with Gasteiger partial charge in [0.25, 0.3) is 0 Å². The molecule has 6 rings (SSSR count). The quantitative estimate of drug-likeness (QED) is 0.509. The molecule has 8 heteroatoms. The van der Waals surface area contributed by atoms with Crippen molar-refractivity contribution in [3.8, 4) is 22.9 Å². The van der Waals surface area contributed by atoms with Crippen LogP contribution in [0.3, 0.4) is 0 Å². The number of fused-ring (bicyclic) bond motifs is 3. The standard InChI is InChI=1S/C24H25FN6O/c1-13-5-15(10-28-9-13)32-23-29-19-8-16-17(6-14(25)7-18(16)27-2)21(19)22(30-23)31-11-24(12-31)4-3-20(24)26/h5-7,9-10,20,27H,3-4,8,11-12,26H2,1-2H3/t20-/m1/s1. The number of halogens is 1. The van der Waals surface area contributed by atoms with Gasteiger partial charge in [-0.25, -0.2) is 4.39 Å². The summed E-state index contributed by atoms with van der Waals surface area (Å²) in [6.45, 7) is 3.67. The molecule has 2 aromatic heterocycles. The van der Waals surface area contributed by atoms with Crippen molar-refractivity contribution in [2.75, 3.05) is 30.4 Å². The molecule has 0 unspecified atom stereocenters. The van der Waals surface area contributed by atoms with Crippen LogP contribution in [0.2, 0.25) is 0 Å². The predicted octanol–water partition coefficient (Wildman–Crippen LogP) is 3.65. The molecule has 164 valence electrons. The summed E-state index contributed by atoms with van der Waals surface area (Å²) in [5.41, 5.74) is 11.9. The minimum Gasteiger partial charge on any atom is -0.423 e. The maximum absolute atomic E-state index is 14.4. The first kappa shape index (κ1) is 19.4. The molecular formula is C24H25FN6O. The first-order chi connectivity index (χ1) is 15.5. The van der Waals surface area contributed by atoms with Gasteiger partial charge >= 0.3 is 6.01 Å². The summed E-state index contributed by atoms with van der Waals surface area (Å²) < 4.78 is 20.4. The minimum absolute atomic E-state index is 0.179. The number of hydrogen-bond acceptors (Lipinski definition) is 7. The molecule has 3 N–H and O–H groups in total. The monoisotopic (exact) mass is 432 g/mol. The van der Waals surface area contributed by atoms with Crippen molar-refractivity contribution in [1.29, 1.82) is 0 Å². The number of nitrogens with one attached hydrogen (secondary N) is 1. The van der Waals surface area contributed by atoms with Gasteiger partial charge in [-0.2, -0.15) is 9.97 Å². The third-order valence-electron chi connectivity index (χ3n) is 7.15. The van der Waals surface area contributed by atoms with Crippen molar-refractivity contribution in [3.05, 3.63) is 53.2 Å². The number of pyridine rings is 1. The number of nitrogens with two attached hydrogens (primary N) is 1. The van der Waals surface area contributed by atoms with E-state index in [1.165, 1.54) is 6.07 Å². The maximum Gasteiger partial charge on any atom is 0.324 e. The summed E-state index contributed by atoms with van der Waals surface area (Å²) in [7, 11) is 1.81. The van der Waals surface area contributed by atoms with Crippen LogP contribution in [-0.4, -0.2) is 41.1 Å². The van der Waals surface area contributed by atoms with Gasteiger partial charge in [-0.15, -0.1) is 0 Å². The Kier molecular flexibility index (Phi) is 4.17. The molecule has 3 aromatic rings. The molecule has 1 atom stereocenters. The number of aromatic nitrogens is 3. The normalized spacial score (nSPS) is 19.8. The lowest BCUT2D eigenvalue weighted by atomic mass is 9.60. The Hall–Kier alpha value is -3.26. The van der Waals surface area contributed by atoms with E-state index in [1.807, 2.05) is 13.0 Å². The fraction of sp³-hybridized carbons (Fsp3) is 0.375. The molecule has 32 heavy (non-hydrogen) atoms. The predicted molar refractivity (Wildman–Crippen MR) is 121 cm³/mol. The fourth-order valence-electron chi connectivity index (χ4n) is 5.25. The molecule has 7 nitrogen and oxygen atoms in total. The van der Waals surface area contributed by atoms with E-state index in [0.29, 0.717) is 12.2 Å². The molecule has 0 amide bonds. The zero-order chi connectivity index (χ0) is 22.0. The average molecular weight is 433 g/mol. The van der Waals surface area contributed by atoms with Crippen LogP contribution in [0, 0.1) is 18.2 Å². The van der Waals surface area contributed by atoms with E-state index in [9.17, 15) is 4.39 Å². The summed E-state index contributed by atoms with van der Waals surface area (Å²) in [4.78, 5) is 16.0. The average Bonchev–Trinajstić information content (AvgIpc) is 3.09. The molecule has 3 aliphatic rings. The number of rotatable bonds is 4. The SMILES string of the molecule is CNc1cc(F)cc2c1Cc1nc(Oc3cncc(C)c3)nc(N3CC4(CC[C@H]4N)C3)c1-2. The zero-order valence-corrected chi connectivity index (χ0v) is 18.2. The number of nitrogens with zero attached hydrogens (tertiary/aromatic N) is 4. The van der Waals surface area contributed by atoms with E-state index in [-0.39, 0.29) is 23.3 Å². The van der Waals surface area contributed by atoms with Crippen molar-refractivity contribution >= 4 is 11.5 Å². The zero-order valence-electron chi connectivity index (χ0n) is 18.2. The van der Waals surface area contributed by atoms with Gasteiger partial charge < -0.3 is 20.7 Å². The number of benzene rings is 1. The van der Waals surface area contributed by atoms with Gasteiger partial charge in [-0.3, -0.25) is 4.98 Å². The van der Waals surface area contributed by atoms with E-state index in [1.54, 1.807) is 25.5 Å². The third kappa shape index (κ3) is 2.86. The second-order valence-corrected chi connectivity index (χ2v) is 9.22. The molecule has 1 saturated heterocycles. The molecule has 0 radical (unpaired) electrons. The van der Waals surface area contributed by atoms with Crippen LogP contribution in [-0.2, 0) is 6.42 Å². The van der Waals surface area contributed by atoms with Crippen LogP contribution in [0.25, 0.3) is 11.1 Å². The van der Waals surface area contributed by atoms with Gasteiger partial charge in [0.2, 0.25) is 0 Å². The molecule has 2 fully saturated rings. The molecule has 2 aliphatic carbocycles. The minimum atomic E-state index is -0.279. The number of ether oxygens (including phenoxy) is 1. The van der Waals surface area contributed by atoms with E-state index >= 15 is 0 Å². The van der Waals surface area contributed by atoms with Crippen LogP contribution in [0.15, 0.2) is 30.6 Å². The van der Waals surface area contributed by atoms with E-state index in [0.717, 1.165) is 65.4 Å². The van der Waals surface area contributed by atoms with E-state index in [2.05, 4.69) is 15.2 Å². The third-order valence-corrected chi connectivity index (χ3v) is 7.15. The second kappa shape index (κ2) is 6.87. The smallest absolute Gasteiger partial charge is 0.324 e. The summed E-state index contributed by atoms with van der Waals surface area (Å²) in [5.74, 6) is 1.11. The lowest BCUT2D eigenvalue weighted by molar-refractivity contribution is 0.0558. The molecule has 1 saturated carbocycles. The lowest BCUT2D eigenvalue weighted by Crippen LogP contribution is -2.69. The van der Waals surface area contributed by atoms with Crippen LogP contribution in [0.5, 0.6) is 11.8 Å². The molecule has 1 spiro atoms. The topological polar surface area (TPSA) is 89.2 Å². The van der Waals surface area contributed by atoms with E-state index < -0.39 is 0 Å². The Morgan fingerprint density at radius 3 is 2.75 bits per heavy atom. The van der Waals surface area contributed by atoms with Crippen molar-refractivity contribution < 1.29 is 9.13 Å². The number of aryl methyl sites for hydroxylation is 1. The first-order valence-electron chi connectivity index (χ1n) is 11.0. The van der Waals surface area contributed by atoms with Crippen LogP contribution >= 0.6 is 0 Å². The fourth-order valence-corrected chi connectivity index (χ4v) is 5.25. The summed E-state index contributed by atoms with van der Waals surface area (Å²) in [5, 5.41) is 3.12. The maximum atomic E-state index is 14.4. The lowest BCUT2D eigenvalue weighted by Gasteiger charge is -2.60. The van der Waals surface area contributed by atoms with Crippen molar-refractivity contribution in [1.82, 2.24) is 15.0 Å². The van der Waals surface area contributed by atoms with Crippen molar-refractivity contribution in [2.24, 2.45) is 11.1 Å². The molecule has 1 aliphatic heterocycles. The van der Waals surface area contributed by atoms with Crippen LogP contribution in [0.4, 0.5) is 15.9 Å². The van der Waals surface area contributed by atoms with Crippen molar-refractivity contribution in [2.45, 2.75) is 32.2 Å². The number of anilines is 2. The van der Waals surface area contributed by atoms with Crippen molar-refractivity contribution in [3.63, 3.8) is 0 Å². The Morgan fingerprint density at radius 2 is 2.06 bits per heavy atom. The highest BCUT2D eigenvalue weighted by molar-refractivity contribution is 5.88. The molecule has 3 heterocycles. The highest BCUT2D eigenvalue weighted by Crippen LogP contribution is 2.52. The van der Waals surface area contributed by atoms with Gasteiger partial charge in [-0.1, -0.05) is 0 Å². The Morgan fingerprint density at radius 1 is 1.22 bits per heavy atom. The highest BCUT2D eigenvalue weighted by atomic mass is 19.1. The van der Waals surface area contributed by atoms with Gasteiger partial charge in [0.1, 0.15) is 17.4 Å². The summed E-state index contributed by atoms with van der Waals surface area (Å²) in [6, 6.07) is 5.54. The molecule has 0 bridgehead atoms. The van der Waals surface area contributed by atoms with Gasteiger partial charge in [0.15, 0.2) is 0 Å². The van der Waals surface area contributed by atoms with E-state index in [4.69, 9.17) is 20.4 Å². The number of hydrogen-bond donors (Lipinski definition) is 2. The van der Waals surface area contributed by atoms with Gasteiger partial charge in [0.05, 0.1) is 11.9 Å². The van der Waals surface area contributed by atoms with Gasteiger partial charge in [-0.05, 0) is 54.7 Å². The summed E-state index contributed by atoms with van der Waals surface area (Å²) >= 11 is 0.